The van der Waals surface area contributed by atoms with Crippen LogP contribution in [0, 0.1) is 5.41 Å². The first kappa shape index (κ1) is 24.1. The van der Waals surface area contributed by atoms with Gasteiger partial charge in [-0.15, -0.1) is 11.8 Å². The molecule has 9 nitrogen and oxygen atoms in total. The van der Waals surface area contributed by atoms with E-state index in [9.17, 15) is 19.2 Å². The summed E-state index contributed by atoms with van der Waals surface area (Å²) < 4.78 is 9.47. The Morgan fingerprint density at radius 3 is 2.41 bits per heavy atom. The van der Waals surface area contributed by atoms with Gasteiger partial charge in [0, 0.05) is 4.75 Å². The maximum Gasteiger partial charge on any atom is 0.333 e. The molecule has 0 saturated carbocycles. The first-order valence-corrected chi connectivity index (χ1v) is 11.2. The molecule has 174 valence electrons. The van der Waals surface area contributed by atoms with Crippen molar-refractivity contribution in [2.45, 2.75) is 62.9 Å². The normalized spacial score (nSPS) is 24.8. The lowest BCUT2D eigenvalue weighted by atomic mass is 9.95. The summed E-state index contributed by atoms with van der Waals surface area (Å²) in [7, 11) is 0. The molecule has 3 rings (SSSR count). The summed E-state index contributed by atoms with van der Waals surface area (Å²) in [5.74, 6) is -2.00. The fourth-order valence-corrected chi connectivity index (χ4v) is 5.24. The van der Waals surface area contributed by atoms with Crippen molar-refractivity contribution >= 4 is 35.5 Å². The number of ether oxygens (including phenoxy) is 2. The van der Waals surface area contributed by atoms with E-state index in [1.807, 2.05) is 19.9 Å². The second kappa shape index (κ2) is 8.74. The van der Waals surface area contributed by atoms with E-state index in [4.69, 9.17) is 15.2 Å². The first-order valence-electron chi connectivity index (χ1n) is 10.3. The molecule has 2 amide bonds. The standard InChI is InChI=1S/C22H29N3O6S/c1-21(2,3)20(29)31-11-30-19(28)15-22(4,5)32-18-14(17(27)25(15)18)24-16(26)13(23)12-9-7-6-8-10-12/h6-10,13-15,18H,11,23H2,1-5H3,(H,24,26)/t13?,14?,15-,18+/m0/s1. The number of hydrogen-bond acceptors (Lipinski definition) is 8. The number of nitrogens with one attached hydrogen (secondary N) is 1. The minimum absolute atomic E-state index is 0.379. The van der Waals surface area contributed by atoms with Gasteiger partial charge in [-0.3, -0.25) is 14.4 Å². The van der Waals surface area contributed by atoms with Crippen LogP contribution in [-0.4, -0.2) is 57.7 Å². The van der Waals surface area contributed by atoms with Gasteiger partial charge in [0.2, 0.25) is 18.6 Å². The quantitative estimate of drug-likeness (QED) is 0.367. The number of benzene rings is 1. The number of carbonyl (C=O) groups excluding carboxylic acids is 4. The predicted molar refractivity (Wildman–Crippen MR) is 118 cm³/mol. The van der Waals surface area contributed by atoms with E-state index >= 15 is 0 Å². The number of hydrogen-bond donors (Lipinski definition) is 2. The Kier molecular flexibility index (Phi) is 6.57. The van der Waals surface area contributed by atoms with Crippen LogP contribution in [0.5, 0.6) is 0 Å². The molecule has 2 heterocycles. The Morgan fingerprint density at radius 1 is 1.19 bits per heavy atom. The SMILES string of the molecule is CC(C)(C)C(=O)OCOC(=O)[C@@H]1N2C(=O)C(NC(=O)C(N)c3ccccc3)[C@H]2SC1(C)C. The van der Waals surface area contributed by atoms with Crippen LogP contribution in [0.2, 0.25) is 0 Å². The number of thioether (sulfide) groups is 1. The number of fused-ring (bicyclic) bond motifs is 1. The smallest absolute Gasteiger partial charge is 0.333 e. The summed E-state index contributed by atoms with van der Waals surface area (Å²) in [6.45, 7) is 8.20. The molecule has 0 bridgehead atoms. The summed E-state index contributed by atoms with van der Waals surface area (Å²) in [4.78, 5) is 51.4. The summed E-state index contributed by atoms with van der Waals surface area (Å²) in [5, 5.41) is 2.29. The molecule has 4 atom stereocenters. The first-order chi connectivity index (χ1) is 14.8. The van der Waals surface area contributed by atoms with Gasteiger partial charge < -0.3 is 25.4 Å². The van der Waals surface area contributed by atoms with Crippen molar-refractivity contribution in [1.82, 2.24) is 10.2 Å². The number of rotatable bonds is 6. The number of nitrogens with two attached hydrogens (primary N) is 1. The van der Waals surface area contributed by atoms with Gasteiger partial charge in [-0.05, 0) is 40.2 Å². The van der Waals surface area contributed by atoms with Crippen molar-refractivity contribution in [1.29, 1.82) is 0 Å². The lowest BCUT2D eigenvalue weighted by molar-refractivity contribution is -0.180. The van der Waals surface area contributed by atoms with E-state index in [1.165, 1.54) is 16.7 Å². The third kappa shape index (κ3) is 4.61. The number of nitrogens with zero attached hydrogens (tertiary/aromatic N) is 1. The maximum atomic E-state index is 12.8. The summed E-state index contributed by atoms with van der Waals surface area (Å²) in [5.41, 5.74) is 5.94. The Labute approximate surface area is 191 Å². The van der Waals surface area contributed by atoms with Crippen LogP contribution in [0.25, 0.3) is 0 Å². The molecule has 2 aliphatic heterocycles. The van der Waals surface area contributed by atoms with E-state index in [1.54, 1.807) is 45.0 Å². The fraction of sp³-hybridized carbons (Fsp3) is 0.545. The van der Waals surface area contributed by atoms with Gasteiger partial charge >= 0.3 is 11.9 Å². The second-order valence-electron chi connectivity index (χ2n) is 9.40. The molecule has 0 aromatic heterocycles. The van der Waals surface area contributed by atoms with Gasteiger partial charge in [0.05, 0.1) is 5.41 Å². The van der Waals surface area contributed by atoms with Crippen LogP contribution in [0.15, 0.2) is 30.3 Å². The molecule has 0 aliphatic carbocycles. The lowest BCUT2D eigenvalue weighted by Crippen LogP contribution is -2.71. The third-order valence-electron chi connectivity index (χ3n) is 5.41. The van der Waals surface area contributed by atoms with Gasteiger partial charge in [-0.25, -0.2) is 4.79 Å². The average molecular weight is 464 g/mol. The zero-order valence-corrected chi connectivity index (χ0v) is 19.6. The Hall–Kier alpha value is -2.59. The molecular weight excluding hydrogens is 434 g/mol. The summed E-state index contributed by atoms with van der Waals surface area (Å²) in [6.07, 6.45) is 0. The third-order valence-corrected chi connectivity index (χ3v) is 6.98. The minimum Gasteiger partial charge on any atom is -0.427 e. The molecule has 1 aromatic rings. The zero-order chi connectivity index (χ0) is 23.8. The average Bonchev–Trinajstić information content (AvgIpc) is 2.98. The van der Waals surface area contributed by atoms with Crippen LogP contribution in [-0.2, 0) is 28.7 Å². The van der Waals surface area contributed by atoms with Crippen molar-refractivity contribution in [2.24, 2.45) is 11.1 Å². The van der Waals surface area contributed by atoms with E-state index in [2.05, 4.69) is 5.32 Å². The van der Waals surface area contributed by atoms with Crippen LogP contribution >= 0.6 is 11.8 Å². The van der Waals surface area contributed by atoms with Crippen LogP contribution < -0.4 is 11.1 Å². The molecule has 2 saturated heterocycles. The van der Waals surface area contributed by atoms with Crippen molar-refractivity contribution in [3.8, 4) is 0 Å². The van der Waals surface area contributed by atoms with Gasteiger partial charge in [-0.2, -0.15) is 0 Å². The van der Waals surface area contributed by atoms with E-state index in [0.717, 1.165) is 0 Å². The Bertz CT molecular complexity index is 914. The number of amides is 2. The maximum absolute atomic E-state index is 12.8. The Balaban J connectivity index is 1.61. The molecule has 1 aromatic carbocycles. The number of esters is 2. The largest absolute Gasteiger partial charge is 0.427 e. The van der Waals surface area contributed by atoms with Crippen LogP contribution in [0.4, 0.5) is 0 Å². The molecule has 10 heteroatoms. The summed E-state index contributed by atoms with van der Waals surface area (Å²) >= 11 is 1.40. The molecule has 0 spiro atoms. The highest BCUT2D eigenvalue weighted by Gasteiger charge is 2.64. The van der Waals surface area contributed by atoms with E-state index in [-0.39, 0.29) is 5.91 Å². The fourth-order valence-electron chi connectivity index (χ4n) is 3.62. The second-order valence-corrected chi connectivity index (χ2v) is 11.2. The molecule has 3 N–H and O–H groups in total. The van der Waals surface area contributed by atoms with Crippen LogP contribution in [0.3, 0.4) is 0 Å². The highest BCUT2D eigenvalue weighted by molar-refractivity contribution is 8.01. The Morgan fingerprint density at radius 2 is 1.81 bits per heavy atom. The summed E-state index contributed by atoms with van der Waals surface area (Å²) in [6, 6.07) is 6.31. The molecule has 32 heavy (non-hydrogen) atoms. The van der Waals surface area contributed by atoms with E-state index in [0.29, 0.717) is 5.56 Å². The highest BCUT2D eigenvalue weighted by Crippen LogP contribution is 2.51. The van der Waals surface area contributed by atoms with Gasteiger partial charge in [0.15, 0.2) is 0 Å². The monoisotopic (exact) mass is 463 g/mol. The zero-order valence-electron chi connectivity index (χ0n) is 18.8. The molecular formula is C22H29N3O6S. The van der Waals surface area contributed by atoms with Gasteiger partial charge in [0.25, 0.3) is 0 Å². The van der Waals surface area contributed by atoms with Crippen molar-refractivity contribution in [3.05, 3.63) is 35.9 Å². The topological polar surface area (TPSA) is 128 Å². The van der Waals surface area contributed by atoms with E-state index < -0.39 is 58.3 Å². The predicted octanol–water partition coefficient (Wildman–Crippen LogP) is 1.32. The minimum atomic E-state index is -0.907. The van der Waals surface area contributed by atoms with Gasteiger partial charge in [0.1, 0.15) is 23.5 Å². The van der Waals surface area contributed by atoms with Crippen molar-refractivity contribution < 1.29 is 28.7 Å². The molecule has 2 fully saturated rings. The van der Waals surface area contributed by atoms with Crippen LogP contribution in [0.1, 0.15) is 46.2 Å². The highest BCUT2D eigenvalue weighted by atomic mass is 32.2. The van der Waals surface area contributed by atoms with Gasteiger partial charge in [-0.1, -0.05) is 30.3 Å². The molecule has 0 radical (unpaired) electrons. The molecule has 2 aliphatic rings. The lowest BCUT2D eigenvalue weighted by Gasteiger charge is -2.44. The van der Waals surface area contributed by atoms with Crippen molar-refractivity contribution in [3.63, 3.8) is 0 Å². The number of β-lactam (4-membered cyclic amide) rings is 1. The van der Waals surface area contributed by atoms with Crippen molar-refractivity contribution in [2.75, 3.05) is 6.79 Å². The molecule has 2 unspecified atom stereocenters. The number of carbonyl (C=O) groups is 4.